The third-order valence-electron chi connectivity index (χ3n) is 3.81. The van der Waals surface area contributed by atoms with E-state index in [0.29, 0.717) is 25.9 Å². The predicted molar refractivity (Wildman–Crippen MR) is 77.8 cm³/mol. The number of hydrogen-bond donors (Lipinski definition) is 1. The molecular formula is C14H23N5O2. The Morgan fingerprint density at radius 2 is 1.90 bits per heavy atom. The molecule has 21 heavy (non-hydrogen) atoms. The van der Waals surface area contributed by atoms with Gasteiger partial charge in [-0.1, -0.05) is 13.8 Å². The molecule has 0 saturated carbocycles. The lowest BCUT2D eigenvalue weighted by Crippen LogP contribution is -2.43. The summed E-state index contributed by atoms with van der Waals surface area (Å²) in [5, 5.41) is 6.79. The summed E-state index contributed by atoms with van der Waals surface area (Å²) in [5.41, 5.74) is 0. The van der Waals surface area contributed by atoms with E-state index in [-0.39, 0.29) is 29.5 Å². The van der Waals surface area contributed by atoms with Crippen LogP contribution in [0.2, 0.25) is 0 Å². The molecule has 2 rings (SSSR count). The smallest absolute Gasteiger partial charge is 0.293 e. The van der Waals surface area contributed by atoms with Crippen molar-refractivity contribution in [3.05, 3.63) is 11.6 Å². The van der Waals surface area contributed by atoms with Gasteiger partial charge in [0.15, 0.2) is 0 Å². The second-order valence-electron chi connectivity index (χ2n) is 6.00. The first-order chi connectivity index (χ1) is 9.90. The fourth-order valence-electron chi connectivity index (χ4n) is 2.46. The highest BCUT2D eigenvalue weighted by molar-refractivity contribution is 5.90. The van der Waals surface area contributed by atoms with E-state index in [0.717, 1.165) is 5.82 Å². The molecule has 1 N–H and O–H groups in total. The maximum atomic E-state index is 12.3. The maximum absolute atomic E-state index is 12.3. The SMILES string of the molecule is CC(C)c1nc(C(=O)N2CCC(C(=O)N(C)C)CC2)n[nH]1. The molecule has 1 aromatic rings. The van der Waals surface area contributed by atoms with E-state index in [2.05, 4.69) is 15.2 Å². The van der Waals surface area contributed by atoms with Gasteiger partial charge in [-0.25, -0.2) is 4.98 Å². The molecule has 1 aliphatic heterocycles. The van der Waals surface area contributed by atoms with Crippen molar-refractivity contribution >= 4 is 11.8 Å². The minimum Gasteiger partial charge on any atom is -0.349 e. The number of H-pyrrole nitrogens is 1. The second-order valence-corrected chi connectivity index (χ2v) is 6.00. The molecule has 2 heterocycles. The maximum Gasteiger partial charge on any atom is 0.293 e. The van der Waals surface area contributed by atoms with Gasteiger partial charge in [-0.3, -0.25) is 14.7 Å². The number of carbonyl (C=O) groups excluding carboxylic acids is 2. The van der Waals surface area contributed by atoms with Crippen molar-refractivity contribution in [1.82, 2.24) is 25.0 Å². The van der Waals surface area contributed by atoms with Gasteiger partial charge < -0.3 is 9.80 Å². The molecule has 2 amide bonds. The van der Waals surface area contributed by atoms with E-state index >= 15 is 0 Å². The van der Waals surface area contributed by atoms with Crippen molar-refractivity contribution in [3.63, 3.8) is 0 Å². The van der Waals surface area contributed by atoms with Gasteiger partial charge >= 0.3 is 0 Å². The minimum absolute atomic E-state index is 0.0161. The molecule has 1 saturated heterocycles. The van der Waals surface area contributed by atoms with Crippen LogP contribution in [0.15, 0.2) is 0 Å². The summed E-state index contributed by atoms with van der Waals surface area (Å²) in [6, 6.07) is 0. The predicted octanol–water partition coefficient (Wildman–Crippen LogP) is 0.869. The first kappa shape index (κ1) is 15.5. The molecule has 0 bridgehead atoms. The number of aromatic amines is 1. The fourth-order valence-corrected chi connectivity index (χ4v) is 2.46. The standard InChI is InChI=1S/C14H23N5O2/c1-9(2)11-15-12(17-16-11)14(21)19-7-5-10(6-8-19)13(20)18(3)4/h9-10H,5-8H2,1-4H3,(H,15,16,17). The van der Waals surface area contributed by atoms with Gasteiger partial charge in [-0.05, 0) is 12.8 Å². The molecule has 1 aromatic heterocycles. The van der Waals surface area contributed by atoms with Crippen LogP contribution in [-0.2, 0) is 4.79 Å². The highest BCUT2D eigenvalue weighted by Crippen LogP contribution is 2.20. The Balaban J connectivity index is 1.95. The molecule has 0 aliphatic carbocycles. The molecule has 0 spiro atoms. The monoisotopic (exact) mass is 293 g/mol. The number of rotatable bonds is 3. The Morgan fingerprint density at radius 3 is 2.38 bits per heavy atom. The highest BCUT2D eigenvalue weighted by atomic mass is 16.2. The van der Waals surface area contributed by atoms with Crippen molar-refractivity contribution in [2.45, 2.75) is 32.6 Å². The molecule has 1 aliphatic rings. The van der Waals surface area contributed by atoms with Crippen LogP contribution in [0.5, 0.6) is 0 Å². The number of nitrogens with zero attached hydrogens (tertiary/aromatic N) is 4. The summed E-state index contributed by atoms with van der Waals surface area (Å²) >= 11 is 0. The van der Waals surface area contributed by atoms with Crippen LogP contribution in [0.25, 0.3) is 0 Å². The van der Waals surface area contributed by atoms with E-state index < -0.39 is 0 Å². The molecule has 0 radical (unpaired) electrons. The minimum atomic E-state index is -0.158. The largest absolute Gasteiger partial charge is 0.349 e. The van der Waals surface area contributed by atoms with E-state index in [9.17, 15) is 9.59 Å². The van der Waals surface area contributed by atoms with Crippen LogP contribution in [-0.4, -0.2) is 64.0 Å². The van der Waals surface area contributed by atoms with E-state index in [1.165, 1.54) is 0 Å². The van der Waals surface area contributed by atoms with Crippen LogP contribution in [0, 0.1) is 5.92 Å². The number of amides is 2. The van der Waals surface area contributed by atoms with Crippen molar-refractivity contribution in [2.24, 2.45) is 5.92 Å². The summed E-state index contributed by atoms with van der Waals surface area (Å²) in [6.45, 7) is 5.14. The molecule has 0 unspecified atom stereocenters. The lowest BCUT2D eigenvalue weighted by Gasteiger charge is -2.31. The number of carbonyl (C=O) groups is 2. The quantitative estimate of drug-likeness (QED) is 0.896. The average Bonchev–Trinajstić information content (AvgIpc) is 2.96. The molecule has 7 heteroatoms. The molecule has 7 nitrogen and oxygen atoms in total. The van der Waals surface area contributed by atoms with Crippen molar-refractivity contribution in [1.29, 1.82) is 0 Å². The van der Waals surface area contributed by atoms with Crippen LogP contribution < -0.4 is 0 Å². The van der Waals surface area contributed by atoms with Crippen LogP contribution in [0.4, 0.5) is 0 Å². The first-order valence-electron chi connectivity index (χ1n) is 7.33. The summed E-state index contributed by atoms with van der Waals surface area (Å²) in [7, 11) is 3.53. The number of nitrogens with one attached hydrogen (secondary N) is 1. The van der Waals surface area contributed by atoms with Gasteiger partial charge in [-0.15, -0.1) is 5.10 Å². The molecule has 1 fully saturated rings. The van der Waals surface area contributed by atoms with Gasteiger partial charge in [-0.2, -0.15) is 0 Å². The molecule has 116 valence electrons. The molecule has 0 aromatic carbocycles. The molecular weight excluding hydrogens is 270 g/mol. The fraction of sp³-hybridized carbons (Fsp3) is 0.714. The Labute approximate surface area is 124 Å². The van der Waals surface area contributed by atoms with Crippen LogP contribution in [0.1, 0.15) is 49.1 Å². The average molecular weight is 293 g/mol. The highest BCUT2D eigenvalue weighted by Gasteiger charge is 2.30. The van der Waals surface area contributed by atoms with E-state index in [1.807, 2.05) is 13.8 Å². The van der Waals surface area contributed by atoms with Gasteiger partial charge in [0.1, 0.15) is 5.82 Å². The summed E-state index contributed by atoms with van der Waals surface area (Å²) in [6.07, 6.45) is 1.40. The topological polar surface area (TPSA) is 82.2 Å². The second kappa shape index (κ2) is 6.24. The summed E-state index contributed by atoms with van der Waals surface area (Å²) in [4.78, 5) is 31.8. The van der Waals surface area contributed by atoms with Gasteiger partial charge in [0.05, 0.1) is 0 Å². The zero-order valence-corrected chi connectivity index (χ0v) is 13.1. The van der Waals surface area contributed by atoms with Crippen LogP contribution in [0.3, 0.4) is 0 Å². The van der Waals surface area contributed by atoms with Gasteiger partial charge in [0.25, 0.3) is 5.91 Å². The summed E-state index contributed by atoms with van der Waals surface area (Å²) < 4.78 is 0. The number of piperidine rings is 1. The Bertz CT molecular complexity index is 515. The lowest BCUT2D eigenvalue weighted by molar-refractivity contribution is -0.134. The van der Waals surface area contributed by atoms with E-state index in [4.69, 9.17) is 0 Å². The first-order valence-corrected chi connectivity index (χ1v) is 7.33. The Hall–Kier alpha value is -1.92. The Kier molecular flexibility index (Phi) is 4.59. The van der Waals surface area contributed by atoms with E-state index in [1.54, 1.807) is 23.9 Å². The third-order valence-corrected chi connectivity index (χ3v) is 3.81. The van der Waals surface area contributed by atoms with Crippen molar-refractivity contribution < 1.29 is 9.59 Å². The van der Waals surface area contributed by atoms with Gasteiger partial charge in [0, 0.05) is 39.0 Å². The van der Waals surface area contributed by atoms with Crippen LogP contribution >= 0.6 is 0 Å². The zero-order chi connectivity index (χ0) is 15.6. The number of aromatic nitrogens is 3. The Morgan fingerprint density at radius 1 is 1.29 bits per heavy atom. The summed E-state index contributed by atoms with van der Waals surface area (Å²) in [5.74, 6) is 1.15. The zero-order valence-electron chi connectivity index (χ0n) is 13.1. The van der Waals surface area contributed by atoms with Crippen molar-refractivity contribution in [3.8, 4) is 0 Å². The third kappa shape index (κ3) is 3.40. The normalized spacial score (nSPS) is 16.3. The van der Waals surface area contributed by atoms with Gasteiger partial charge in [0.2, 0.25) is 11.7 Å². The number of hydrogen-bond acceptors (Lipinski definition) is 4. The number of likely N-dealkylation sites (tertiary alicyclic amines) is 1. The van der Waals surface area contributed by atoms with Crippen molar-refractivity contribution in [2.75, 3.05) is 27.2 Å². The lowest BCUT2D eigenvalue weighted by atomic mass is 9.95. The molecule has 0 atom stereocenters.